The lowest BCUT2D eigenvalue weighted by Gasteiger charge is -2.15. The lowest BCUT2D eigenvalue weighted by molar-refractivity contribution is -0.385. The van der Waals surface area contributed by atoms with Gasteiger partial charge in [-0.15, -0.1) is 0 Å². The molecule has 1 heterocycles. The van der Waals surface area contributed by atoms with Crippen molar-refractivity contribution in [2.45, 2.75) is 25.5 Å². The van der Waals surface area contributed by atoms with Crippen molar-refractivity contribution in [2.75, 3.05) is 13.2 Å². The minimum atomic E-state index is -4.24. The van der Waals surface area contributed by atoms with Crippen molar-refractivity contribution in [3.63, 3.8) is 0 Å². The van der Waals surface area contributed by atoms with Gasteiger partial charge in [0, 0.05) is 12.1 Å². The molecule has 0 aliphatic rings. The van der Waals surface area contributed by atoms with Crippen LogP contribution in [-0.2, 0) is 17.9 Å². The lowest BCUT2D eigenvalue weighted by Crippen LogP contribution is -2.32. The molecule has 1 amide bonds. The maximum atomic E-state index is 12.8. The second-order valence-electron chi connectivity index (χ2n) is 5.73. The van der Waals surface area contributed by atoms with Gasteiger partial charge in [0.15, 0.2) is 0 Å². The van der Waals surface area contributed by atoms with Crippen molar-refractivity contribution in [2.24, 2.45) is 0 Å². The molecule has 0 atom stereocenters. The predicted molar refractivity (Wildman–Crippen MR) is 88.3 cm³/mol. The quantitative estimate of drug-likeness (QED) is 0.373. The molecular formula is C16H16F4N4O4. The largest absolute Gasteiger partial charge is 0.370 e. The maximum absolute atomic E-state index is 12.8. The Morgan fingerprint density at radius 2 is 2.14 bits per heavy atom. The molecule has 0 aliphatic heterocycles. The first-order chi connectivity index (χ1) is 13.2. The number of nitro groups is 1. The van der Waals surface area contributed by atoms with Crippen LogP contribution in [0.5, 0.6) is 0 Å². The Bertz CT molecular complexity index is 828. The van der Waals surface area contributed by atoms with Crippen LogP contribution in [-0.4, -0.2) is 46.1 Å². The Hall–Kier alpha value is -3.02. The first-order valence-corrected chi connectivity index (χ1v) is 7.97. The molecule has 0 radical (unpaired) electrons. The van der Waals surface area contributed by atoms with Gasteiger partial charge in [0.1, 0.15) is 19.0 Å². The summed E-state index contributed by atoms with van der Waals surface area (Å²) in [5, 5.41) is 16.9. The molecule has 152 valence electrons. The number of hydrogen-bond donors (Lipinski definition) is 1. The van der Waals surface area contributed by atoms with E-state index in [0.29, 0.717) is 5.56 Å². The van der Waals surface area contributed by atoms with Gasteiger partial charge in [0.2, 0.25) is 0 Å². The summed E-state index contributed by atoms with van der Waals surface area (Å²) in [4.78, 5) is 22.1. The monoisotopic (exact) mass is 404 g/mol. The van der Waals surface area contributed by atoms with Gasteiger partial charge in [-0.25, -0.2) is 8.78 Å². The molecule has 0 spiro atoms. The van der Waals surface area contributed by atoms with Crippen molar-refractivity contribution in [1.29, 1.82) is 0 Å². The Kier molecular flexibility index (Phi) is 7.04. The van der Waals surface area contributed by atoms with Crippen LogP contribution in [0, 0.1) is 10.1 Å². The summed E-state index contributed by atoms with van der Waals surface area (Å²) in [6.07, 6.45) is -1.51. The van der Waals surface area contributed by atoms with Gasteiger partial charge in [-0.05, 0) is 17.7 Å². The van der Waals surface area contributed by atoms with E-state index in [-0.39, 0.29) is 30.9 Å². The number of nitrogens with one attached hydrogen (secondary N) is 1. The number of aromatic nitrogens is 2. The zero-order valence-corrected chi connectivity index (χ0v) is 14.4. The number of carbonyl (C=O) groups is 1. The summed E-state index contributed by atoms with van der Waals surface area (Å²) in [6, 6.07) is 5.86. The van der Waals surface area contributed by atoms with Crippen LogP contribution >= 0.6 is 0 Å². The number of halogens is 4. The van der Waals surface area contributed by atoms with Crippen molar-refractivity contribution in [3.05, 3.63) is 57.9 Å². The fourth-order valence-corrected chi connectivity index (χ4v) is 2.13. The molecule has 0 unspecified atom stereocenters. The van der Waals surface area contributed by atoms with Gasteiger partial charge in [-0.1, -0.05) is 12.1 Å². The Balaban J connectivity index is 1.83. The van der Waals surface area contributed by atoms with E-state index in [1.54, 1.807) is 0 Å². The number of nitrogens with zero attached hydrogens (tertiary/aromatic N) is 3. The number of rotatable bonds is 10. The number of carbonyl (C=O) groups excluding carboxylic acids is 1. The molecule has 8 nitrogen and oxygen atoms in total. The van der Waals surface area contributed by atoms with Crippen LogP contribution < -0.4 is 5.32 Å². The number of ether oxygens (including phenoxy) is 1. The van der Waals surface area contributed by atoms with E-state index in [1.807, 2.05) is 0 Å². The van der Waals surface area contributed by atoms with Gasteiger partial charge in [-0.3, -0.25) is 19.6 Å². The van der Waals surface area contributed by atoms with Gasteiger partial charge in [0.25, 0.3) is 5.91 Å². The summed E-state index contributed by atoms with van der Waals surface area (Å²) >= 11 is 0. The fourth-order valence-electron chi connectivity index (χ4n) is 2.13. The fraction of sp³-hybridized carbons (Fsp3) is 0.375. The highest BCUT2D eigenvalue weighted by Gasteiger charge is 2.40. The van der Waals surface area contributed by atoms with Crippen LogP contribution in [0.1, 0.15) is 15.9 Å². The highest BCUT2D eigenvalue weighted by molar-refractivity contribution is 5.94. The summed E-state index contributed by atoms with van der Waals surface area (Å²) in [6.45, 7) is -1.46. The Labute approximate surface area is 156 Å². The summed E-state index contributed by atoms with van der Waals surface area (Å²) in [5.74, 6) is -4.71. The van der Waals surface area contributed by atoms with Crippen molar-refractivity contribution in [3.8, 4) is 0 Å². The van der Waals surface area contributed by atoms with Crippen LogP contribution in [0.2, 0.25) is 0 Å². The standard InChI is InChI=1S/C16H16F4N4O4/c17-15(18)16(19,20)10-28-9-11-2-1-3-12(6-11)14(25)21-4-5-23-8-13(7-22-23)24(26)27/h1-3,6-8,15H,4-5,9-10H2,(H,21,25). The molecule has 2 aromatic rings. The molecule has 28 heavy (non-hydrogen) atoms. The average Bonchev–Trinajstić information content (AvgIpc) is 3.11. The first kappa shape index (κ1) is 21.3. The second-order valence-corrected chi connectivity index (χ2v) is 5.73. The molecule has 2 rings (SSSR count). The minimum absolute atomic E-state index is 0.138. The van der Waals surface area contributed by atoms with E-state index in [2.05, 4.69) is 15.2 Å². The van der Waals surface area contributed by atoms with E-state index < -0.39 is 29.8 Å². The topological polar surface area (TPSA) is 99.3 Å². The van der Waals surface area contributed by atoms with Gasteiger partial charge in [0.05, 0.1) is 18.1 Å². The summed E-state index contributed by atoms with van der Waals surface area (Å²) in [5.41, 5.74) is 0.407. The SMILES string of the molecule is O=C(NCCn1cc([N+](=O)[O-])cn1)c1cccc(COCC(F)(F)C(F)F)c1. The smallest absolute Gasteiger partial charge is 0.330 e. The predicted octanol–water partition coefficient (Wildman–Crippen LogP) is 2.64. The molecule has 1 N–H and O–H groups in total. The van der Waals surface area contributed by atoms with Crippen molar-refractivity contribution >= 4 is 11.6 Å². The molecule has 0 saturated heterocycles. The number of benzene rings is 1. The van der Waals surface area contributed by atoms with Crippen LogP contribution in [0.25, 0.3) is 0 Å². The third-order valence-corrected chi connectivity index (χ3v) is 3.53. The van der Waals surface area contributed by atoms with Crippen LogP contribution in [0.3, 0.4) is 0 Å². The number of hydrogen-bond acceptors (Lipinski definition) is 5. The van der Waals surface area contributed by atoms with E-state index >= 15 is 0 Å². The van der Waals surface area contributed by atoms with E-state index in [9.17, 15) is 32.5 Å². The molecule has 0 saturated carbocycles. The first-order valence-electron chi connectivity index (χ1n) is 7.97. The van der Waals surface area contributed by atoms with Gasteiger partial charge < -0.3 is 10.1 Å². The Morgan fingerprint density at radius 1 is 1.39 bits per heavy atom. The van der Waals surface area contributed by atoms with Crippen molar-refractivity contribution in [1.82, 2.24) is 15.1 Å². The van der Waals surface area contributed by atoms with E-state index in [4.69, 9.17) is 0 Å². The molecule has 12 heteroatoms. The molecular weight excluding hydrogens is 388 g/mol. The number of alkyl halides is 4. The third kappa shape index (κ3) is 6.01. The van der Waals surface area contributed by atoms with Gasteiger partial charge >= 0.3 is 18.0 Å². The molecule has 1 aromatic heterocycles. The molecule has 0 aliphatic carbocycles. The van der Waals surface area contributed by atoms with Gasteiger partial charge in [-0.2, -0.15) is 13.9 Å². The van der Waals surface area contributed by atoms with Crippen molar-refractivity contribution < 1.29 is 32.0 Å². The van der Waals surface area contributed by atoms with E-state index in [1.165, 1.54) is 35.1 Å². The maximum Gasteiger partial charge on any atom is 0.330 e. The van der Waals surface area contributed by atoms with E-state index in [0.717, 1.165) is 6.20 Å². The van der Waals surface area contributed by atoms with Crippen LogP contribution in [0.4, 0.5) is 23.2 Å². The normalized spacial score (nSPS) is 11.6. The number of amides is 1. The zero-order chi connectivity index (χ0) is 20.7. The Morgan fingerprint density at radius 3 is 2.79 bits per heavy atom. The molecule has 0 fully saturated rings. The highest BCUT2D eigenvalue weighted by Crippen LogP contribution is 2.23. The van der Waals surface area contributed by atoms with Crippen LogP contribution in [0.15, 0.2) is 36.7 Å². The molecule has 1 aromatic carbocycles. The molecule has 0 bridgehead atoms. The zero-order valence-electron chi connectivity index (χ0n) is 14.4. The summed E-state index contributed by atoms with van der Waals surface area (Å²) < 4.78 is 55.6. The summed E-state index contributed by atoms with van der Waals surface area (Å²) in [7, 11) is 0. The second kappa shape index (κ2) is 9.26. The third-order valence-electron chi connectivity index (χ3n) is 3.53. The average molecular weight is 404 g/mol. The minimum Gasteiger partial charge on any atom is -0.370 e. The lowest BCUT2D eigenvalue weighted by atomic mass is 10.1. The highest BCUT2D eigenvalue weighted by atomic mass is 19.3.